The predicted molar refractivity (Wildman–Crippen MR) is 301 cm³/mol. The summed E-state index contributed by atoms with van der Waals surface area (Å²) in [7, 11) is 0. The van der Waals surface area contributed by atoms with Crippen molar-refractivity contribution >= 4 is 80.6 Å². The molecule has 4 unspecified atom stereocenters. The summed E-state index contributed by atoms with van der Waals surface area (Å²) in [6, 6.07) is 7.12. The predicted octanol–water partition coefficient (Wildman–Crippen LogP) is 16.7. The Labute approximate surface area is 425 Å². The zero-order valence-electron chi connectivity index (χ0n) is 44.4. The largest absolute Gasteiger partial charge is 0.496 e. The van der Waals surface area contributed by atoms with Crippen molar-refractivity contribution in [3.05, 3.63) is 68.3 Å². The van der Waals surface area contributed by atoms with Gasteiger partial charge in [-0.15, -0.1) is 45.8 Å². The molecule has 374 valence electrons. The first kappa shape index (κ1) is 55.9. The van der Waals surface area contributed by atoms with Gasteiger partial charge >= 0.3 is 0 Å². The van der Waals surface area contributed by atoms with Gasteiger partial charge in [0.25, 0.3) is 0 Å². The summed E-state index contributed by atoms with van der Waals surface area (Å²) in [5.74, 6) is 3.78. The van der Waals surface area contributed by atoms with Crippen molar-refractivity contribution in [3.63, 3.8) is 0 Å². The normalized spacial score (nSPS) is 16.8. The molecule has 0 amide bonds. The molecule has 3 heterocycles. The SMILES string of the molecule is C=c1sc(C(=O)C(CC)CCCC)c/c1=C(/SC(C)(C)C)c1cc2c(s1)=CC1=C(OCC(CCCC)CCCCCC)c3cc(C(C)(C)C)sc3CC1C=2OCC(CCCC)CCCCCC. The first-order chi connectivity index (χ1) is 32.1. The summed E-state index contributed by atoms with van der Waals surface area (Å²) >= 11 is 7.39. The van der Waals surface area contributed by atoms with Gasteiger partial charge in [0.15, 0.2) is 5.78 Å². The summed E-state index contributed by atoms with van der Waals surface area (Å²) < 4.78 is 17.0. The highest BCUT2D eigenvalue weighted by Gasteiger charge is 2.37. The zero-order valence-corrected chi connectivity index (χ0v) is 47.7. The summed E-state index contributed by atoms with van der Waals surface area (Å²) in [4.78, 5) is 20.2. The molecule has 5 rings (SSSR count). The third-order valence-corrected chi connectivity index (χ3v) is 19.0. The van der Waals surface area contributed by atoms with E-state index in [9.17, 15) is 4.79 Å². The Morgan fingerprint density at radius 1 is 0.701 bits per heavy atom. The van der Waals surface area contributed by atoms with Gasteiger partial charge in [-0.05, 0) is 86.5 Å². The van der Waals surface area contributed by atoms with E-state index >= 15 is 0 Å². The van der Waals surface area contributed by atoms with Crippen molar-refractivity contribution in [3.8, 4) is 0 Å². The molecular weight excluding hydrogens is 897 g/mol. The van der Waals surface area contributed by atoms with Crippen LogP contribution in [-0.4, -0.2) is 23.7 Å². The fourth-order valence-electron chi connectivity index (χ4n) is 9.83. The molecule has 0 aromatic carbocycles. The molecule has 3 nitrogen and oxygen atoms in total. The van der Waals surface area contributed by atoms with Crippen LogP contribution in [0, 0.1) is 23.7 Å². The van der Waals surface area contributed by atoms with Gasteiger partial charge in [0, 0.05) is 60.8 Å². The Bertz CT molecular complexity index is 2290. The van der Waals surface area contributed by atoms with Gasteiger partial charge in [0.05, 0.1) is 24.0 Å². The number of Topliss-reactive ketones (excluding diaryl/α,β-unsaturated/α-hetero) is 1. The Kier molecular flexibility index (Phi) is 22.5. The Morgan fingerprint density at radius 2 is 1.28 bits per heavy atom. The topological polar surface area (TPSA) is 35.5 Å². The van der Waals surface area contributed by atoms with Crippen LogP contribution in [0.3, 0.4) is 0 Å². The Hall–Kier alpha value is -2.06. The number of hydrogen-bond acceptors (Lipinski definition) is 7. The van der Waals surface area contributed by atoms with Crippen LogP contribution in [0.2, 0.25) is 0 Å². The number of unbranched alkanes of at least 4 members (excludes halogenated alkanes) is 9. The van der Waals surface area contributed by atoms with Gasteiger partial charge in [-0.25, -0.2) is 0 Å². The number of thioether (sulfide) groups is 1. The van der Waals surface area contributed by atoms with Crippen LogP contribution in [0.5, 0.6) is 0 Å². The van der Waals surface area contributed by atoms with Crippen molar-refractivity contribution in [2.45, 2.75) is 228 Å². The second-order valence-corrected chi connectivity index (χ2v) is 27.3. The molecule has 0 aliphatic heterocycles. The van der Waals surface area contributed by atoms with E-state index in [1.807, 2.05) is 34.4 Å². The lowest BCUT2D eigenvalue weighted by molar-refractivity contribution is 0.0912. The van der Waals surface area contributed by atoms with Crippen LogP contribution in [0.4, 0.5) is 0 Å². The maximum absolute atomic E-state index is 14.1. The molecule has 0 saturated heterocycles. The van der Waals surface area contributed by atoms with Gasteiger partial charge in [0.1, 0.15) is 11.5 Å². The highest BCUT2D eigenvalue weighted by atomic mass is 32.2. The van der Waals surface area contributed by atoms with Crippen molar-refractivity contribution in [2.75, 3.05) is 13.2 Å². The average Bonchev–Trinajstić information content (AvgIpc) is 4.03. The van der Waals surface area contributed by atoms with Crippen LogP contribution < -0.4 is 19.5 Å². The maximum atomic E-state index is 14.1. The van der Waals surface area contributed by atoms with Crippen LogP contribution >= 0.6 is 45.8 Å². The Morgan fingerprint density at radius 3 is 1.85 bits per heavy atom. The summed E-state index contributed by atoms with van der Waals surface area (Å²) in [6.45, 7) is 33.8. The first-order valence-corrected chi connectivity index (χ1v) is 30.4. The molecule has 0 saturated carbocycles. The summed E-state index contributed by atoms with van der Waals surface area (Å²) in [5.41, 5.74) is 2.67. The maximum Gasteiger partial charge on any atom is 0.175 e. The minimum absolute atomic E-state index is 0.0517. The molecular formula is C60H92O3S4. The third-order valence-electron chi connectivity index (χ3n) is 13.9. The monoisotopic (exact) mass is 989 g/mol. The molecule has 0 fully saturated rings. The van der Waals surface area contributed by atoms with Crippen LogP contribution in [0.25, 0.3) is 29.1 Å². The van der Waals surface area contributed by atoms with Gasteiger partial charge < -0.3 is 9.47 Å². The van der Waals surface area contributed by atoms with Gasteiger partial charge in [-0.2, -0.15) is 0 Å². The van der Waals surface area contributed by atoms with Crippen LogP contribution in [0.15, 0.2) is 23.8 Å². The molecule has 7 heteroatoms. The molecule has 67 heavy (non-hydrogen) atoms. The lowest BCUT2D eigenvalue weighted by Crippen LogP contribution is -2.34. The van der Waals surface area contributed by atoms with Gasteiger partial charge in [0.2, 0.25) is 0 Å². The second kappa shape index (κ2) is 27.0. The molecule has 0 N–H and O–H groups in total. The van der Waals surface area contributed by atoms with Crippen molar-refractivity contribution in [2.24, 2.45) is 23.7 Å². The smallest absolute Gasteiger partial charge is 0.175 e. The molecule has 2 aliphatic carbocycles. The van der Waals surface area contributed by atoms with Gasteiger partial charge in [-0.3, -0.25) is 4.79 Å². The number of rotatable bonds is 30. The Balaban J connectivity index is 1.73. The number of thiophene rings is 3. The van der Waals surface area contributed by atoms with Crippen molar-refractivity contribution < 1.29 is 14.3 Å². The fraction of sp³-hybridized carbons (Fsp3) is 0.683. The minimum Gasteiger partial charge on any atom is -0.496 e. The molecule has 0 spiro atoms. The highest BCUT2D eigenvalue weighted by Crippen LogP contribution is 2.47. The van der Waals surface area contributed by atoms with Crippen molar-refractivity contribution in [1.82, 2.24) is 0 Å². The van der Waals surface area contributed by atoms with E-state index in [2.05, 4.69) is 114 Å². The summed E-state index contributed by atoms with van der Waals surface area (Å²) in [6.07, 6.45) is 27.6. The van der Waals surface area contributed by atoms with Crippen molar-refractivity contribution in [1.29, 1.82) is 0 Å². The van der Waals surface area contributed by atoms with Crippen LogP contribution in [0.1, 0.15) is 241 Å². The number of ether oxygens (including phenoxy) is 2. The number of ketones is 1. The van der Waals surface area contributed by atoms with Gasteiger partial charge in [-0.1, -0.05) is 180 Å². The average molecular weight is 990 g/mol. The standard InChI is InChI=1S/C60H92O3S4/c1-14-20-25-27-31-42(29-22-16-3)39-62-56-47-36-51-49(38-54(66-51)59(8,9)10)57(63-40-43(30-23-17-4)32-28-26-21-15-2)46(47)35-50-48(56)37-53(65-50)58(67-60(11,12)13)45-34-52(64-41(45)7)55(61)44(19-6)33-24-18-5/h34-35,37-38,42-44,47H,7,14-33,36,39-40H2,1-6,8-13H3/b58-45-. The van der Waals surface area contributed by atoms with E-state index in [0.29, 0.717) is 11.8 Å². The van der Waals surface area contributed by atoms with E-state index in [1.165, 1.54) is 143 Å². The van der Waals surface area contributed by atoms with Crippen LogP contribution in [-0.2, 0) is 21.3 Å². The van der Waals surface area contributed by atoms with E-state index < -0.39 is 0 Å². The third kappa shape index (κ3) is 15.7. The highest BCUT2D eigenvalue weighted by molar-refractivity contribution is 8.09. The number of carbonyl (C=O) groups excluding carboxylic acids is 1. The number of hydrogen-bond donors (Lipinski definition) is 0. The number of carbonyl (C=O) groups is 1. The van der Waals surface area contributed by atoms with E-state index in [-0.39, 0.29) is 27.8 Å². The first-order valence-electron chi connectivity index (χ1n) is 27.1. The fourth-order valence-corrected chi connectivity index (χ4v) is 14.5. The molecule has 0 radical (unpaired) electrons. The lowest BCUT2D eigenvalue weighted by atomic mass is 9.81. The minimum atomic E-state index is -0.0517. The van der Waals surface area contributed by atoms with E-state index in [4.69, 9.17) is 9.47 Å². The van der Waals surface area contributed by atoms with E-state index in [0.717, 1.165) is 71.5 Å². The van der Waals surface area contributed by atoms with E-state index in [1.54, 1.807) is 11.3 Å². The summed E-state index contributed by atoms with van der Waals surface area (Å²) in [5, 5.41) is 2.36. The zero-order chi connectivity index (χ0) is 48.7. The molecule has 4 atom stereocenters. The molecule has 3 aromatic rings. The number of fused-ring (bicyclic) bond motifs is 3. The molecule has 3 aromatic heterocycles. The molecule has 2 aliphatic rings. The lowest BCUT2D eigenvalue weighted by Gasteiger charge is -2.32. The second-order valence-electron chi connectivity index (χ2n) is 22.1. The molecule has 0 bridgehead atoms. The quantitative estimate of drug-likeness (QED) is 0.0492.